The number of aliphatic hydroxyl groups is 2. The largest absolute Gasteiger partial charge is 0.395 e. The van der Waals surface area contributed by atoms with Crippen LogP contribution >= 0.6 is 0 Å². The molecule has 0 radical (unpaired) electrons. The van der Waals surface area contributed by atoms with Crippen molar-refractivity contribution in [1.82, 2.24) is 9.80 Å². The van der Waals surface area contributed by atoms with Crippen molar-refractivity contribution in [3.05, 3.63) is 0 Å². The predicted molar refractivity (Wildman–Crippen MR) is 68.7 cm³/mol. The zero-order chi connectivity index (χ0) is 13.1. The summed E-state index contributed by atoms with van der Waals surface area (Å²) in [6.45, 7) is 9.29. The van der Waals surface area contributed by atoms with E-state index in [1.54, 1.807) is 0 Å². The molecule has 0 amide bonds. The number of rotatable bonds is 4. The molecule has 2 aliphatic rings. The quantitative estimate of drug-likeness (QED) is 0.651. The molecule has 0 aromatic rings. The van der Waals surface area contributed by atoms with Gasteiger partial charge >= 0.3 is 0 Å². The van der Waals surface area contributed by atoms with Gasteiger partial charge in [-0.2, -0.15) is 0 Å². The lowest BCUT2D eigenvalue weighted by molar-refractivity contribution is 0.0305. The Morgan fingerprint density at radius 1 is 0.667 bits per heavy atom. The van der Waals surface area contributed by atoms with Gasteiger partial charge in [0.05, 0.1) is 39.6 Å². The Balaban J connectivity index is 0.000000180. The molecule has 0 saturated carbocycles. The van der Waals surface area contributed by atoms with Crippen LogP contribution in [0.4, 0.5) is 0 Å². The van der Waals surface area contributed by atoms with Crippen LogP contribution in [0.1, 0.15) is 0 Å². The smallest absolute Gasteiger partial charge is 0.0594 e. The first-order chi connectivity index (χ1) is 8.86. The minimum absolute atomic E-state index is 0.264. The van der Waals surface area contributed by atoms with Gasteiger partial charge in [0.25, 0.3) is 0 Å². The first-order valence-corrected chi connectivity index (χ1v) is 6.68. The molecule has 0 unspecified atom stereocenters. The second kappa shape index (κ2) is 10.7. The van der Waals surface area contributed by atoms with E-state index >= 15 is 0 Å². The van der Waals surface area contributed by atoms with Crippen LogP contribution in [0.3, 0.4) is 0 Å². The highest BCUT2D eigenvalue weighted by Crippen LogP contribution is 1.94. The van der Waals surface area contributed by atoms with E-state index in [1.165, 1.54) is 0 Å². The first kappa shape index (κ1) is 15.8. The van der Waals surface area contributed by atoms with Crippen molar-refractivity contribution >= 4 is 0 Å². The Hall–Kier alpha value is -0.240. The third-order valence-electron chi connectivity index (χ3n) is 3.04. The van der Waals surface area contributed by atoms with Crippen LogP contribution in [-0.4, -0.2) is 98.9 Å². The summed E-state index contributed by atoms with van der Waals surface area (Å²) in [4.78, 5) is 4.40. The summed E-state index contributed by atoms with van der Waals surface area (Å²) in [6.07, 6.45) is 0. The van der Waals surface area contributed by atoms with Crippen molar-refractivity contribution in [3.8, 4) is 0 Å². The molecular formula is C12H26N2O4. The molecule has 6 nitrogen and oxygen atoms in total. The van der Waals surface area contributed by atoms with Crippen LogP contribution in [-0.2, 0) is 9.47 Å². The minimum Gasteiger partial charge on any atom is -0.395 e. The van der Waals surface area contributed by atoms with E-state index < -0.39 is 0 Å². The van der Waals surface area contributed by atoms with Crippen LogP contribution in [0.2, 0.25) is 0 Å². The fourth-order valence-electron chi connectivity index (χ4n) is 1.93. The topological polar surface area (TPSA) is 65.4 Å². The Morgan fingerprint density at radius 2 is 1.00 bits per heavy atom. The Labute approximate surface area is 109 Å². The number of ether oxygens (including phenoxy) is 2. The SMILES string of the molecule is OCCN1CCOCC1.OCCN1CCOCC1. The number of hydrogen-bond donors (Lipinski definition) is 2. The van der Waals surface area contributed by atoms with Crippen molar-refractivity contribution in [1.29, 1.82) is 0 Å². The van der Waals surface area contributed by atoms with Gasteiger partial charge in [0.1, 0.15) is 0 Å². The third kappa shape index (κ3) is 7.25. The second-order valence-electron chi connectivity index (χ2n) is 4.36. The fourth-order valence-corrected chi connectivity index (χ4v) is 1.93. The predicted octanol–water partition coefficient (Wildman–Crippen LogP) is -1.38. The van der Waals surface area contributed by atoms with Gasteiger partial charge in [-0.05, 0) is 0 Å². The van der Waals surface area contributed by atoms with Crippen LogP contribution in [0.25, 0.3) is 0 Å². The van der Waals surface area contributed by atoms with Crippen molar-refractivity contribution in [2.24, 2.45) is 0 Å². The molecule has 108 valence electrons. The average molecular weight is 262 g/mol. The molecule has 0 aromatic carbocycles. The fraction of sp³-hybridized carbons (Fsp3) is 1.00. The molecule has 2 fully saturated rings. The standard InChI is InChI=1S/2C6H13NO2/c2*8-4-1-7-2-5-9-6-3-7/h2*8H,1-6H2. The van der Waals surface area contributed by atoms with Gasteiger partial charge in [-0.1, -0.05) is 0 Å². The lowest BCUT2D eigenvalue weighted by atomic mass is 10.4. The summed E-state index contributed by atoms with van der Waals surface area (Å²) >= 11 is 0. The maximum atomic E-state index is 8.54. The minimum atomic E-state index is 0.264. The van der Waals surface area contributed by atoms with E-state index in [0.717, 1.165) is 65.7 Å². The molecule has 18 heavy (non-hydrogen) atoms. The summed E-state index contributed by atoms with van der Waals surface area (Å²) in [5.74, 6) is 0. The molecule has 2 N–H and O–H groups in total. The molecule has 0 spiro atoms. The van der Waals surface area contributed by atoms with Crippen LogP contribution in [0, 0.1) is 0 Å². The summed E-state index contributed by atoms with van der Waals surface area (Å²) < 4.78 is 10.2. The Kier molecular flexibility index (Phi) is 9.37. The molecule has 2 rings (SSSR count). The molecular weight excluding hydrogens is 236 g/mol. The van der Waals surface area contributed by atoms with Crippen molar-refractivity contribution in [2.75, 3.05) is 78.9 Å². The highest BCUT2D eigenvalue weighted by Gasteiger charge is 2.08. The number of aliphatic hydroxyl groups excluding tert-OH is 2. The molecule has 6 heteroatoms. The summed E-state index contributed by atoms with van der Waals surface area (Å²) in [6, 6.07) is 0. The lowest BCUT2D eigenvalue weighted by Crippen LogP contribution is -2.37. The number of hydrogen-bond acceptors (Lipinski definition) is 6. The summed E-state index contributed by atoms with van der Waals surface area (Å²) in [7, 11) is 0. The van der Waals surface area contributed by atoms with Crippen LogP contribution in [0.5, 0.6) is 0 Å². The van der Waals surface area contributed by atoms with E-state index in [2.05, 4.69) is 9.80 Å². The highest BCUT2D eigenvalue weighted by molar-refractivity contribution is 4.60. The molecule has 0 aliphatic carbocycles. The molecule has 2 heterocycles. The average Bonchev–Trinajstić information content (AvgIpc) is 2.43. The Bertz CT molecular complexity index is 157. The summed E-state index contributed by atoms with van der Waals surface area (Å²) in [5.41, 5.74) is 0. The lowest BCUT2D eigenvalue weighted by Gasteiger charge is -2.25. The molecule has 0 atom stereocenters. The van der Waals surface area contributed by atoms with Gasteiger partial charge in [0.2, 0.25) is 0 Å². The molecule has 2 saturated heterocycles. The number of morpholine rings is 2. The van der Waals surface area contributed by atoms with E-state index in [1.807, 2.05) is 0 Å². The van der Waals surface area contributed by atoms with E-state index in [-0.39, 0.29) is 13.2 Å². The van der Waals surface area contributed by atoms with Gasteiger partial charge in [-0.3, -0.25) is 9.80 Å². The van der Waals surface area contributed by atoms with Gasteiger partial charge in [-0.15, -0.1) is 0 Å². The van der Waals surface area contributed by atoms with Crippen LogP contribution < -0.4 is 0 Å². The molecule has 2 aliphatic heterocycles. The summed E-state index contributed by atoms with van der Waals surface area (Å²) in [5, 5.41) is 17.1. The van der Waals surface area contributed by atoms with Crippen molar-refractivity contribution < 1.29 is 19.7 Å². The van der Waals surface area contributed by atoms with Crippen molar-refractivity contribution in [3.63, 3.8) is 0 Å². The highest BCUT2D eigenvalue weighted by atomic mass is 16.5. The van der Waals surface area contributed by atoms with Crippen LogP contribution in [0.15, 0.2) is 0 Å². The van der Waals surface area contributed by atoms with Gasteiger partial charge in [0, 0.05) is 39.3 Å². The molecule has 0 bridgehead atoms. The zero-order valence-electron chi connectivity index (χ0n) is 11.1. The maximum Gasteiger partial charge on any atom is 0.0594 e. The number of nitrogens with zero attached hydrogens (tertiary/aromatic N) is 2. The van der Waals surface area contributed by atoms with E-state index in [4.69, 9.17) is 19.7 Å². The Morgan fingerprint density at radius 3 is 1.28 bits per heavy atom. The van der Waals surface area contributed by atoms with Gasteiger partial charge in [-0.25, -0.2) is 0 Å². The van der Waals surface area contributed by atoms with Gasteiger partial charge in [0.15, 0.2) is 0 Å². The van der Waals surface area contributed by atoms with Gasteiger partial charge < -0.3 is 19.7 Å². The maximum absolute atomic E-state index is 8.54. The first-order valence-electron chi connectivity index (χ1n) is 6.68. The monoisotopic (exact) mass is 262 g/mol. The number of β-amino-alcohol motifs (C(OH)–C–C–N with tert-alkyl or cyclic N) is 2. The normalized spacial score (nSPS) is 22.3. The van der Waals surface area contributed by atoms with E-state index in [9.17, 15) is 0 Å². The zero-order valence-corrected chi connectivity index (χ0v) is 11.1. The second-order valence-corrected chi connectivity index (χ2v) is 4.36. The van der Waals surface area contributed by atoms with Crippen molar-refractivity contribution in [2.45, 2.75) is 0 Å². The third-order valence-corrected chi connectivity index (χ3v) is 3.04. The van der Waals surface area contributed by atoms with E-state index in [0.29, 0.717) is 0 Å². The molecule has 0 aromatic heterocycles.